The molecule has 0 aliphatic heterocycles. The van der Waals surface area contributed by atoms with Crippen LogP contribution in [-0.4, -0.2) is 11.9 Å². The van der Waals surface area contributed by atoms with Crippen molar-refractivity contribution in [1.82, 2.24) is 0 Å². The Morgan fingerprint density at radius 3 is 2.36 bits per heavy atom. The Hall–Kier alpha value is -2.88. The molecule has 0 bridgehead atoms. The Labute approximate surface area is 148 Å². The standard InChI is InChI=1S/C21H23NO3/c1-14(2)12-19(23)25-20(17-8-6-5-7-9-17)21(24)22-18-13-15(3)10-11-16(18)4/h5-13,20H,1-4H3,(H,22,24)/t20-/m0/s1. The lowest BCUT2D eigenvalue weighted by Crippen LogP contribution is -2.25. The van der Waals surface area contributed by atoms with Gasteiger partial charge in [-0.15, -0.1) is 0 Å². The van der Waals surface area contributed by atoms with Crippen LogP contribution in [0.2, 0.25) is 0 Å². The van der Waals surface area contributed by atoms with E-state index >= 15 is 0 Å². The number of rotatable bonds is 5. The quantitative estimate of drug-likeness (QED) is 0.646. The van der Waals surface area contributed by atoms with Crippen molar-refractivity contribution < 1.29 is 14.3 Å². The lowest BCUT2D eigenvalue weighted by atomic mass is 10.1. The minimum absolute atomic E-state index is 0.379. The van der Waals surface area contributed by atoms with Crippen LogP contribution >= 0.6 is 0 Å². The number of aryl methyl sites for hydroxylation is 2. The summed E-state index contributed by atoms with van der Waals surface area (Å²) in [5.41, 5.74) is 4.14. The number of carbonyl (C=O) groups excluding carboxylic acids is 2. The van der Waals surface area contributed by atoms with Crippen molar-refractivity contribution >= 4 is 17.6 Å². The highest BCUT2D eigenvalue weighted by atomic mass is 16.5. The van der Waals surface area contributed by atoms with Crippen LogP contribution < -0.4 is 5.32 Å². The van der Waals surface area contributed by atoms with Crippen LogP contribution in [0, 0.1) is 13.8 Å². The lowest BCUT2D eigenvalue weighted by Gasteiger charge is -2.18. The molecule has 0 aliphatic rings. The summed E-state index contributed by atoms with van der Waals surface area (Å²) in [5, 5.41) is 2.87. The molecule has 0 aromatic heterocycles. The molecule has 0 heterocycles. The summed E-state index contributed by atoms with van der Waals surface area (Å²) >= 11 is 0. The van der Waals surface area contributed by atoms with Crippen LogP contribution in [0.4, 0.5) is 5.69 Å². The molecule has 0 fully saturated rings. The molecule has 0 saturated heterocycles. The predicted molar refractivity (Wildman–Crippen MR) is 99.3 cm³/mol. The molecule has 1 amide bonds. The molecule has 0 spiro atoms. The van der Waals surface area contributed by atoms with Gasteiger partial charge in [0.25, 0.3) is 5.91 Å². The summed E-state index contributed by atoms with van der Waals surface area (Å²) in [4.78, 5) is 24.8. The first-order chi connectivity index (χ1) is 11.9. The van der Waals surface area contributed by atoms with Crippen molar-refractivity contribution in [3.05, 3.63) is 76.9 Å². The molecule has 1 atom stereocenters. The fourth-order valence-electron chi connectivity index (χ4n) is 2.36. The number of benzene rings is 2. The summed E-state index contributed by atoms with van der Waals surface area (Å²) in [6, 6.07) is 14.8. The van der Waals surface area contributed by atoms with E-state index in [1.54, 1.807) is 26.0 Å². The van der Waals surface area contributed by atoms with Crippen molar-refractivity contribution in [2.75, 3.05) is 5.32 Å². The normalized spacial score (nSPS) is 11.4. The summed E-state index contributed by atoms with van der Waals surface area (Å²) in [5.74, 6) is -0.916. The van der Waals surface area contributed by atoms with Gasteiger partial charge in [0.1, 0.15) is 0 Å². The average molecular weight is 337 g/mol. The number of esters is 1. The fourth-order valence-corrected chi connectivity index (χ4v) is 2.36. The first-order valence-corrected chi connectivity index (χ1v) is 8.15. The van der Waals surface area contributed by atoms with E-state index in [-0.39, 0.29) is 5.91 Å². The van der Waals surface area contributed by atoms with Gasteiger partial charge < -0.3 is 10.1 Å². The molecule has 2 aromatic rings. The number of amides is 1. The molecule has 25 heavy (non-hydrogen) atoms. The third-order valence-electron chi connectivity index (χ3n) is 3.63. The SMILES string of the molecule is CC(C)=CC(=O)O[C@H](C(=O)Nc1cc(C)ccc1C)c1ccccc1. The van der Waals surface area contributed by atoms with Gasteiger partial charge in [0.05, 0.1) is 0 Å². The number of carbonyl (C=O) groups is 2. The van der Waals surface area contributed by atoms with Crippen LogP contribution in [-0.2, 0) is 14.3 Å². The Morgan fingerprint density at radius 2 is 1.72 bits per heavy atom. The third kappa shape index (κ3) is 5.31. The van der Waals surface area contributed by atoms with E-state index in [1.807, 2.05) is 50.2 Å². The minimum Gasteiger partial charge on any atom is -0.444 e. The first kappa shape index (κ1) is 18.5. The van der Waals surface area contributed by atoms with Crippen molar-refractivity contribution in [2.45, 2.75) is 33.8 Å². The molecular formula is C21H23NO3. The molecule has 0 radical (unpaired) electrons. The van der Waals surface area contributed by atoms with Crippen molar-refractivity contribution in [1.29, 1.82) is 0 Å². The van der Waals surface area contributed by atoms with Crippen LogP contribution in [0.25, 0.3) is 0 Å². The second kappa shape index (κ2) is 8.29. The second-order valence-electron chi connectivity index (χ2n) is 6.26. The van der Waals surface area contributed by atoms with Gasteiger partial charge in [0.2, 0.25) is 6.10 Å². The number of hydrogen-bond donors (Lipinski definition) is 1. The van der Waals surface area contributed by atoms with E-state index in [9.17, 15) is 9.59 Å². The van der Waals surface area contributed by atoms with Crippen molar-refractivity contribution in [2.24, 2.45) is 0 Å². The van der Waals surface area contributed by atoms with Crippen molar-refractivity contribution in [3.63, 3.8) is 0 Å². The van der Waals surface area contributed by atoms with Crippen LogP contribution in [0.5, 0.6) is 0 Å². The number of allylic oxidation sites excluding steroid dienone is 1. The molecule has 4 nitrogen and oxygen atoms in total. The maximum absolute atomic E-state index is 12.8. The molecule has 4 heteroatoms. The largest absolute Gasteiger partial charge is 0.444 e. The topological polar surface area (TPSA) is 55.4 Å². The Kier molecular flexibility index (Phi) is 6.12. The molecule has 2 aromatic carbocycles. The summed E-state index contributed by atoms with van der Waals surface area (Å²) in [7, 11) is 0. The predicted octanol–water partition coefficient (Wildman–Crippen LogP) is 4.49. The van der Waals surface area contributed by atoms with Gasteiger partial charge in [-0.2, -0.15) is 0 Å². The first-order valence-electron chi connectivity index (χ1n) is 8.15. The molecule has 130 valence electrons. The van der Waals surface area contributed by atoms with Gasteiger partial charge in [0, 0.05) is 17.3 Å². The fraction of sp³-hybridized carbons (Fsp3) is 0.238. The Bertz CT molecular complexity index is 790. The van der Waals surface area contributed by atoms with Crippen LogP contribution in [0.3, 0.4) is 0 Å². The number of ether oxygens (including phenoxy) is 1. The van der Waals surface area contributed by atoms with Gasteiger partial charge in [0.15, 0.2) is 0 Å². The number of hydrogen-bond acceptors (Lipinski definition) is 3. The van der Waals surface area contributed by atoms with Gasteiger partial charge >= 0.3 is 5.97 Å². The number of nitrogens with one attached hydrogen (secondary N) is 1. The minimum atomic E-state index is -1.01. The van der Waals surface area contributed by atoms with E-state index in [4.69, 9.17) is 4.74 Å². The van der Waals surface area contributed by atoms with Crippen LogP contribution in [0.1, 0.15) is 36.6 Å². The monoisotopic (exact) mass is 337 g/mol. The van der Waals surface area contributed by atoms with Gasteiger partial charge in [-0.1, -0.05) is 48.0 Å². The number of anilines is 1. The average Bonchev–Trinajstić information content (AvgIpc) is 2.56. The highest BCUT2D eigenvalue weighted by Gasteiger charge is 2.24. The zero-order chi connectivity index (χ0) is 18.4. The van der Waals surface area contributed by atoms with E-state index in [0.717, 1.165) is 16.7 Å². The Balaban J connectivity index is 2.28. The molecule has 0 unspecified atom stereocenters. The van der Waals surface area contributed by atoms with Gasteiger partial charge in [-0.05, 0) is 44.9 Å². The van der Waals surface area contributed by atoms with Crippen molar-refractivity contribution in [3.8, 4) is 0 Å². The van der Waals surface area contributed by atoms with E-state index in [0.29, 0.717) is 11.3 Å². The van der Waals surface area contributed by atoms with Crippen LogP contribution in [0.15, 0.2) is 60.2 Å². The molecule has 0 saturated carbocycles. The molecular weight excluding hydrogens is 314 g/mol. The maximum Gasteiger partial charge on any atom is 0.331 e. The molecule has 2 rings (SSSR count). The zero-order valence-corrected chi connectivity index (χ0v) is 15.0. The smallest absolute Gasteiger partial charge is 0.331 e. The van der Waals surface area contributed by atoms with Gasteiger partial charge in [-0.25, -0.2) is 4.79 Å². The van der Waals surface area contributed by atoms with E-state index in [2.05, 4.69) is 5.32 Å². The van der Waals surface area contributed by atoms with Gasteiger partial charge in [-0.3, -0.25) is 4.79 Å². The second-order valence-corrected chi connectivity index (χ2v) is 6.26. The third-order valence-corrected chi connectivity index (χ3v) is 3.63. The van der Waals surface area contributed by atoms with E-state index < -0.39 is 12.1 Å². The molecule has 0 aliphatic carbocycles. The highest BCUT2D eigenvalue weighted by molar-refractivity contribution is 5.97. The van der Waals surface area contributed by atoms with E-state index in [1.165, 1.54) is 6.08 Å². The lowest BCUT2D eigenvalue weighted by molar-refractivity contribution is -0.149. The highest BCUT2D eigenvalue weighted by Crippen LogP contribution is 2.23. The summed E-state index contributed by atoms with van der Waals surface area (Å²) < 4.78 is 5.42. The zero-order valence-electron chi connectivity index (χ0n) is 15.0. The summed E-state index contributed by atoms with van der Waals surface area (Å²) in [6.07, 6.45) is 0.366. The maximum atomic E-state index is 12.8. The summed E-state index contributed by atoms with van der Waals surface area (Å²) in [6.45, 7) is 7.48. The molecule has 1 N–H and O–H groups in total. The Morgan fingerprint density at radius 1 is 1.04 bits per heavy atom.